The minimum Gasteiger partial charge on any atom is -0.508 e. The summed E-state index contributed by atoms with van der Waals surface area (Å²) in [7, 11) is 0. The Bertz CT molecular complexity index is 494. The number of nitrogens with zero attached hydrogens (tertiary/aromatic N) is 2. The molecular weight excluding hydrogens is 206 g/mol. The molecule has 0 fully saturated rings. The Kier molecular flexibility index (Phi) is 2.76. The topological polar surface area (TPSA) is 71.2 Å². The zero-order valence-corrected chi connectivity index (χ0v) is 9.19. The Morgan fingerprint density at radius 2 is 2.19 bits per heavy atom. The molecule has 16 heavy (non-hydrogen) atoms. The Balaban J connectivity index is 2.07. The van der Waals surface area contributed by atoms with Gasteiger partial charge in [0.1, 0.15) is 5.75 Å². The van der Waals surface area contributed by atoms with Crippen LogP contribution in [0.2, 0.25) is 0 Å². The van der Waals surface area contributed by atoms with Gasteiger partial charge in [-0.05, 0) is 19.9 Å². The molecule has 0 spiro atoms. The summed E-state index contributed by atoms with van der Waals surface area (Å²) in [6.07, 6.45) is 0. The van der Waals surface area contributed by atoms with Gasteiger partial charge in [0.2, 0.25) is 0 Å². The average molecular weight is 219 g/mol. The van der Waals surface area contributed by atoms with Crippen LogP contribution in [0, 0.1) is 13.8 Å². The van der Waals surface area contributed by atoms with E-state index in [9.17, 15) is 5.11 Å². The van der Waals surface area contributed by atoms with Gasteiger partial charge in [0.25, 0.3) is 0 Å². The zero-order valence-electron chi connectivity index (χ0n) is 9.19. The third-order valence-electron chi connectivity index (χ3n) is 2.19. The molecule has 84 valence electrons. The lowest BCUT2D eigenvalue weighted by Gasteiger charge is -2.05. The maximum atomic E-state index is 9.61. The lowest BCUT2D eigenvalue weighted by atomic mass is 10.1. The molecule has 5 nitrogen and oxygen atoms in total. The first-order valence-electron chi connectivity index (χ1n) is 4.98. The number of aryl methyl sites for hydroxylation is 2. The van der Waals surface area contributed by atoms with E-state index in [4.69, 9.17) is 4.52 Å². The van der Waals surface area contributed by atoms with Crippen LogP contribution in [0.3, 0.4) is 0 Å². The second-order valence-corrected chi connectivity index (χ2v) is 3.63. The van der Waals surface area contributed by atoms with E-state index in [0.29, 0.717) is 18.4 Å². The van der Waals surface area contributed by atoms with Crippen molar-refractivity contribution >= 4 is 6.01 Å². The SMILES string of the molecule is Cc1ccc(O)c(CNc2nc(C)no2)c1. The molecule has 0 aliphatic heterocycles. The van der Waals surface area contributed by atoms with Gasteiger partial charge >= 0.3 is 6.01 Å². The second kappa shape index (κ2) is 4.22. The molecule has 2 N–H and O–H groups in total. The van der Waals surface area contributed by atoms with Crippen molar-refractivity contribution in [2.24, 2.45) is 0 Å². The van der Waals surface area contributed by atoms with E-state index in [0.717, 1.165) is 11.1 Å². The molecule has 2 rings (SSSR count). The molecule has 0 atom stereocenters. The standard InChI is InChI=1S/C11H13N3O2/c1-7-3-4-10(15)9(5-7)6-12-11-13-8(2)14-16-11/h3-5,15H,6H2,1-2H3,(H,12,13,14). The van der Waals surface area contributed by atoms with Gasteiger partial charge in [-0.2, -0.15) is 4.98 Å². The molecule has 0 aliphatic rings. The summed E-state index contributed by atoms with van der Waals surface area (Å²) in [5.74, 6) is 0.838. The summed E-state index contributed by atoms with van der Waals surface area (Å²) in [6, 6.07) is 5.80. The van der Waals surface area contributed by atoms with Crippen molar-refractivity contribution in [3.8, 4) is 5.75 Å². The van der Waals surface area contributed by atoms with Crippen molar-refractivity contribution in [2.45, 2.75) is 20.4 Å². The van der Waals surface area contributed by atoms with Crippen molar-refractivity contribution in [1.82, 2.24) is 10.1 Å². The van der Waals surface area contributed by atoms with E-state index in [1.54, 1.807) is 13.0 Å². The number of aromatic nitrogens is 2. The summed E-state index contributed by atoms with van der Waals surface area (Å²) >= 11 is 0. The monoisotopic (exact) mass is 219 g/mol. The number of phenols is 1. The molecular formula is C11H13N3O2. The normalized spacial score (nSPS) is 10.4. The highest BCUT2D eigenvalue weighted by Crippen LogP contribution is 2.19. The van der Waals surface area contributed by atoms with Crippen LogP contribution < -0.4 is 5.32 Å². The highest BCUT2D eigenvalue weighted by molar-refractivity contribution is 5.37. The Labute approximate surface area is 93.1 Å². The minimum atomic E-state index is 0.259. The Morgan fingerprint density at radius 3 is 2.88 bits per heavy atom. The molecule has 2 aromatic rings. The Morgan fingerprint density at radius 1 is 1.38 bits per heavy atom. The average Bonchev–Trinajstić information content (AvgIpc) is 2.66. The van der Waals surface area contributed by atoms with Gasteiger partial charge in [0.05, 0.1) is 0 Å². The second-order valence-electron chi connectivity index (χ2n) is 3.63. The van der Waals surface area contributed by atoms with Gasteiger partial charge in [-0.15, -0.1) is 0 Å². The molecule has 1 heterocycles. The van der Waals surface area contributed by atoms with Gasteiger partial charge in [-0.25, -0.2) is 0 Å². The molecule has 5 heteroatoms. The number of rotatable bonds is 3. The van der Waals surface area contributed by atoms with Crippen LogP contribution in [-0.4, -0.2) is 15.2 Å². The molecule has 0 bridgehead atoms. The molecule has 1 aromatic carbocycles. The van der Waals surface area contributed by atoms with E-state index < -0.39 is 0 Å². The van der Waals surface area contributed by atoms with Gasteiger partial charge in [-0.1, -0.05) is 22.9 Å². The number of phenolic OH excluding ortho intramolecular Hbond substituents is 1. The molecule has 0 aliphatic carbocycles. The van der Waals surface area contributed by atoms with Gasteiger partial charge in [0.15, 0.2) is 5.82 Å². The van der Waals surface area contributed by atoms with E-state index in [1.165, 1.54) is 0 Å². The first-order valence-corrected chi connectivity index (χ1v) is 4.98. The number of hydrogen-bond acceptors (Lipinski definition) is 5. The van der Waals surface area contributed by atoms with Crippen LogP contribution in [-0.2, 0) is 6.54 Å². The summed E-state index contributed by atoms with van der Waals surface area (Å²) in [4.78, 5) is 4.01. The summed E-state index contributed by atoms with van der Waals surface area (Å²) < 4.78 is 4.90. The van der Waals surface area contributed by atoms with Crippen molar-refractivity contribution in [3.63, 3.8) is 0 Å². The highest BCUT2D eigenvalue weighted by atomic mass is 16.5. The molecule has 0 saturated carbocycles. The smallest absolute Gasteiger partial charge is 0.321 e. The fourth-order valence-electron chi connectivity index (χ4n) is 1.40. The van der Waals surface area contributed by atoms with E-state index in [1.807, 2.05) is 19.1 Å². The predicted octanol–water partition coefficient (Wildman–Crippen LogP) is 2.00. The molecule has 0 radical (unpaired) electrons. The first kappa shape index (κ1) is 10.5. The lowest BCUT2D eigenvalue weighted by molar-refractivity contribution is 0.424. The van der Waals surface area contributed by atoms with Crippen LogP contribution >= 0.6 is 0 Å². The number of anilines is 1. The van der Waals surface area contributed by atoms with Crippen molar-refractivity contribution < 1.29 is 9.63 Å². The largest absolute Gasteiger partial charge is 0.508 e. The lowest BCUT2D eigenvalue weighted by Crippen LogP contribution is -2.00. The van der Waals surface area contributed by atoms with Crippen LogP contribution in [0.15, 0.2) is 22.7 Å². The fraction of sp³-hybridized carbons (Fsp3) is 0.273. The zero-order chi connectivity index (χ0) is 11.5. The number of nitrogens with one attached hydrogen (secondary N) is 1. The van der Waals surface area contributed by atoms with Crippen LogP contribution in [0.1, 0.15) is 17.0 Å². The number of hydrogen-bond donors (Lipinski definition) is 2. The van der Waals surface area contributed by atoms with Gasteiger partial charge in [0, 0.05) is 12.1 Å². The van der Waals surface area contributed by atoms with E-state index in [-0.39, 0.29) is 5.75 Å². The van der Waals surface area contributed by atoms with Gasteiger partial charge < -0.3 is 14.9 Å². The first-order chi connectivity index (χ1) is 7.65. The number of benzene rings is 1. The summed E-state index contributed by atoms with van der Waals surface area (Å²) in [6.45, 7) is 4.17. The molecule has 0 amide bonds. The highest BCUT2D eigenvalue weighted by Gasteiger charge is 2.04. The van der Waals surface area contributed by atoms with Crippen molar-refractivity contribution in [1.29, 1.82) is 0 Å². The van der Waals surface area contributed by atoms with Gasteiger partial charge in [-0.3, -0.25) is 0 Å². The maximum absolute atomic E-state index is 9.61. The maximum Gasteiger partial charge on any atom is 0.321 e. The number of aromatic hydroxyl groups is 1. The summed E-state index contributed by atoms with van der Waals surface area (Å²) in [5.41, 5.74) is 1.90. The molecule has 0 saturated heterocycles. The van der Waals surface area contributed by atoms with Crippen LogP contribution in [0.4, 0.5) is 6.01 Å². The quantitative estimate of drug-likeness (QED) is 0.826. The van der Waals surface area contributed by atoms with Crippen LogP contribution in [0.25, 0.3) is 0 Å². The van der Waals surface area contributed by atoms with Crippen molar-refractivity contribution in [2.75, 3.05) is 5.32 Å². The van der Waals surface area contributed by atoms with Crippen molar-refractivity contribution in [3.05, 3.63) is 35.2 Å². The fourth-order valence-corrected chi connectivity index (χ4v) is 1.40. The molecule has 0 unspecified atom stereocenters. The third kappa shape index (κ3) is 2.31. The molecule has 1 aromatic heterocycles. The predicted molar refractivity (Wildman–Crippen MR) is 59.2 cm³/mol. The Hall–Kier alpha value is -2.04. The van der Waals surface area contributed by atoms with E-state index in [2.05, 4.69) is 15.5 Å². The van der Waals surface area contributed by atoms with E-state index >= 15 is 0 Å². The summed E-state index contributed by atoms with van der Waals surface area (Å²) in [5, 5.41) is 16.2. The third-order valence-corrected chi connectivity index (χ3v) is 2.19. The van der Waals surface area contributed by atoms with Crippen LogP contribution in [0.5, 0.6) is 5.75 Å². The minimum absolute atomic E-state index is 0.259.